The number of piperidine rings is 1. The van der Waals surface area contributed by atoms with Gasteiger partial charge in [0, 0.05) is 37.8 Å². The van der Waals surface area contributed by atoms with Crippen LogP contribution in [0.1, 0.15) is 18.9 Å². The van der Waals surface area contributed by atoms with Crippen molar-refractivity contribution < 1.29 is 5.11 Å². The Morgan fingerprint density at radius 1 is 1.07 bits per heavy atom. The van der Waals surface area contributed by atoms with Crippen molar-refractivity contribution >= 4 is 16.9 Å². The van der Waals surface area contributed by atoms with E-state index in [1.54, 1.807) is 12.1 Å². The summed E-state index contributed by atoms with van der Waals surface area (Å²) in [5, 5.41) is 26.6. The number of nitrogen functional groups attached to an aromatic ring is 1. The number of aromatic nitrogens is 4. The number of nitrogens with one attached hydrogen (secondary N) is 1. The molecule has 0 radical (unpaired) electrons. The lowest BCUT2D eigenvalue weighted by molar-refractivity contribution is 0.0992. The molecule has 4 heterocycles. The molecule has 27 heavy (non-hydrogen) atoms. The van der Waals surface area contributed by atoms with Crippen molar-refractivity contribution in [3.63, 3.8) is 0 Å². The summed E-state index contributed by atoms with van der Waals surface area (Å²) in [5.74, 6) is 0.597. The Morgan fingerprint density at radius 3 is 2.56 bits per heavy atom. The molecule has 5 rings (SSSR count). The molecule has 2 aliphatic rings. The standard InChI is InChI=1S/C19H23N7O/c20-19-18-16(9-15(22-23-18)14-3-1-2-4-17(14)27)26(24-19)12-5-7-25(8-6-12)13-10-21-11-13/h1-4,9,12-13,21,27H,5-8,10-11H2,(H2,20,24). The van der Waals surface area contributed by atoms with Crippen LogP contribution in [-0.4, -0.2) is 62.2 Å². The van der Waals surface area contributed by atoms with Crippen molar-refractivity contribution in [3.8, 4) is 17.0 Å². The number of aromatic hydroxyl groups is 1. The number of likely N-dealkylation sites (tertiary alicyclic amines) is 1. The van der Waals surface area contributed by atoms with E-state index >= 15 is 0 Å². The van der Waals surface area contributed by atoms with Gasteiger partial charge in [0.1, 0.15) is 5.75 Å². The predicted molar refractivity (Wildman–Crippen MR) is 103 cm³/mol. The Kier molecular flexibility index (Phi) is 3.95. The van der Waals surface area contributed by atoms with Crippen LogP contribution < -0.4 is 11.1 Å². The maximum atomic E-state index is 10.1. The Balaban J connectivity index is 1.47. The van der Waals surface area contributed by atoms with E-state index in [0.717, 1.165) is 44.5 Å². The molecular weight excluding hydrogens is 342 g/mol. The van der Waals surface area contributed by atoms with Crippen molar-refractivity contribution in [3.05, 3.63) is 30.3 Å². The van der Waals surface area contributed by atoms with Crippen LogP contribution in [0, 0.1) is 0 Å². The Bertz CT molecular complexity index is 973. The van der Waals surface area contributed by atoms with Gasteiger partial charge in [0.05, 0.1) is 17.3 Å². The van der Waals surface area contributed by atoms with E-state index in [9.17, 15) is 5.11 Å². The molecule has 140 valence electrons. The third-order valence-corrected chi connectivity index (χ3v) is 5.78. The maximum absolute atomic E-state index is 10.1. The summed E-state index contributed by atoms with van der Waals surface area (Å²) in [6, 6.07) is 10.1. The lowest BCUT2D eigenvalue weighted by Gasteiger charge is -2.42. The van der Waals surface area contributed by atoms with Gasteiger partial charge in [0.2, 0.25) is 0 Å². The van der Waals surface area contributed by atoms with Gasteiger partial charge in [-0.3, -0.25) is 9.58 Å². The van der Waals surface area contributed by atoms with Crippen molar-refractivity contribution in [2.45, 2.75) is 24.9 Å². The first-order valence-electron chi connectivity index (χ1n) is 9.45. The monoisotopic (exact) mass is 365 g/mol. The summed E-state index contributed by atoms with van der Waals surface area (Å²) in [6.45, 7) is 4.34. The minimum absolute atomic E-state index is 0.188. The van der Waals surface area contributed by atoms with Crippen molar-refractivity contribution in [2.24, 2.45) is 0 Å². The summed E-state index contributed by atoms with van der Waals surface area (Å²) in [7, 11) is 0. The van der Waals surface area contributed by atoms with E-state index in [1.807, 2.05) is 22.9 Å². The molecule has 0 saturated carbocycles. The molecule has 0 atom stereocenters. The molecule has 8 nitrogen and oxygen atoms in total. The fourth-order valence-corrected chi connectivity index (χ4v) is 4.08. The van der Waals surface area contributed by atoms with E-state index in [2.05, 4.69) is 25.5 Å². The summed E-state index contributed by atoms with van der Waals surface area (Å²) in [4.78, 5) is 2.56. The van der Waals surface area contributed by atoms with Crippen LogP contribution in [0.25, 0.3) is 22.3 Å². The van der Waals surface area contributed by atoms with Gasteiger partial charge in [0.25, 0.3) is 0 Å². The van der Waals surface area contributed by atoms with E-state index in [4.69, 9.17) is 5.73 Å². The third-order valence-electron chi connectivity index (χ3n) is 5.78. The molecular formula is C19H23N7O. The van der Waals surface area contributed by atoms with E-state index in [0.29, 0.717) is 34.7 Å². The van der Waals surface area contributed by atoms with Crippen LogP contribution in [0.3, 0.4) is 0 Å². The third kappa shape index (κ3) is 2.81. The Morgan fingerprint density at radius 2 is 1.85 bits per heavy atom. The van der Waals surface area contributed by atoms with Gasteiger partial charge in [-0.05, 0) is 31.0 Å². The second kappa shape index (κ2) is 6.47. The van der Waals surface area contributed by atoms with Crippen LogP contribution in [0.4, 0.5) is 5.82 Å². The van der Waals surface area contributed by atoms with Crippen LogP contribution in [-0.2, 0) is 0 Å². The predicted octanol–water partition coefficient (Wildman–Crippen LogP) is 1.39. The molecule has 0 aliphatic carbocycles. The topological polar surface area (TPSA) is 105 Å². The molecule has 0 amide bonds. The molecule has 2 saturated heterocycles. The lowest BCUT2D eigenvalue weighted by atomic mass is 10.0. The quantitative estimate of drug-likeness (QED) is 0.644. The van der Waals surface area contributed by atoms with Gasteiger partial charge >= 0.3 is 0 Å². The molecule has 2 aromatic heterocycles. The molecule has 3 aromatic rings. The highest BCUT2D eigenvalue weighted by atomic mass is 16.3. The molecule has 8 heteroatoms. The highest BCUT2D eigenvalue weighted by Crippen LogP contribution is 2.32. The molecule has 2 fully saturated rings. The molecule has 2 aliphatic heterocycles. The number of para-hydroxylation sites is 1. The van der Waals surface area contributed by atoms with Crippen molar-refractivity contribution in [2.75, 3.05) is 31.9 Å². The summed E-state index contributed by atoms with van der Waals surface area (Å²) in [5.41, 5.74) is 8.89. The fourth-order valence-electron chi connectivity index (χ4n) is 4.08. The van der Waals surface area contributed by atoms with Gasteiger partial charge in [-0.25, -0.2) is 0 Å². The number of phenolic OH excluding ortho intramolecular Hbond substituents is 1. The lowest BCUT2D eigenvalue weighted by Crippen LogP contribution is -2.58. The number of anilines is 1. The minimum Gasteiger partial charge on any atom is -0.507 e. The second-order valence-electron chi connectivity index (χ2n) is 7.39. The van der Waals surface area contributed by atoms with Crippen LogP contribution >= 0.6 is 0 Å². The highest BCUT2D eigenvalue weighted by Gasteiger charge is 2.30. The van der Waals surface area contributed by atoms with Crippen molar-refractivity contribution in [1.82, 2.24) is 30.2 Å². The summed E-state index contributed by atoms with van der Waals surface area (Å²) in [6.07, 6.45) is 2.09. The maximum Gasteiger partial charge on any atom is 0.174 e. The normalized spacial score (nSPS) is 19.4. The smallest absolute Gasteiger partial charge is 0.174 e. The molecule has 1 aromatic carbocycles. The summed E-state index contributed by atoms with van der Waals surface area (Å²) < 4.78 is 2.01. The van der Waals surface area contributed by atoms with Crippen LogP contribution in [0.2, 0.25) is 0 Å². The SMILES string of the molecule is Nc1nn(C2CCN(C3CNC3)CC2)c2cc(-c3ccccc3O)nnc12. The number of benzene rings is 1. The van der Waals surface area contributed by atoms with Crippen molar-refractivity contribution in [1.29, 1.82) is 0 Å². The first kappa shape index (κ1) is 16.5. The average molecular weight is 365 g/mol. The van der Waals surface area contributed by atoms with Gasteiger partial charge in [-0.1, -0.05) is 12.1 Å². The first-order chi connectivity index (χ1) is 13.2. The summed E-state index contributed by atoms with van der Waals surface area (Å²) >= 11 is 0. The number of hydrogen-bond donors (Lipinski definition) is 3. The molecule has 0 unspecified atom stereocenters. The van der Waals surface area contributed by atoms with Crippen LogP contribution in [0.15, 0.2) is 30.3 Å². The first-order valence-corrected chi connectivity index (χ1v) is 9.45. The van der Waals surface area contributed by atoms with Gasteiger partial charge in [0.15, 0.2) is 11.3 Å². The fraction of sp³-hybridized carbons (Fsp3) is 0.421. The number of nitrogens with two attached hydrogens (primary N) is 1. The Hall–Kier alpha value is -2.71. The molecule has 0 spiro atoms. The molecule has 0 bridgehead atoms. The van der Waals surface area contributed by atoms with Gasteiger partial charge < -0.3 is 16.2 Å². The number of phenols is 1. The number of rotatable bonds is 3. The zero-order chi connectivity index (χ0) is 18.4. The van der Waals surface area contributed by atoms with Crippen LogP contribution in [0.5, 0.6) is 5.75 Å². The average Bonchev–Trinajstić information content (AvgIpc) is 2.98. The highest BCUT2D eigenvalue weighted by molar-refractivity contribution is 5.87. The Labute approximate surface area is 157 Å². The molecule has 4 N–H and O–H groups in total. The zero-order valence-corrected chi connectivity index (χ0v) is 15.0. The minimum atomic E-state index is 0.188. The number of hydrogen-bond acceptors (Lipinski definition) is 7. The zero-order valence-electron chi connectivity index (χ0n) is 15.0. The van der Waals surface area contributed by atoms with E-state index in [1.165, 1.54) is 0 Å². The number of fused-ring (bicyclic) bond motifs is 1. The van der Waals surface area contributed by atoms with Gasteiger partial charge in [-0.2, -0.15) is 5.10 Å². The second-order valence-corrected chi connectivity index (χ2v) is 7.39. The van der Waals surface area contributed by atoms with E-state index < -0.39 is 0 Å². The van der Waals surface area contributed by atoms with Gasteiger partial charge in [-0.15, -0.1) is 10.2 Å². The van der Waals surface area contributed by atoms with E-state index in [-0.39, 0.29) is 5.75 Å². The number of nitrogens with zero attached hydrogens (tertiary/aromatic N) is 5. The largest absolute Gasteiger partial charge is 0.507 e.